The Hall–Kier alpha value is -4.78. The number of carbonyl (C=O) groups is 1. The Morgan fingerprint density at radius 1 is 1.14 bits per heavy atom. The van der Waals surface area contributed by atoms with Gasteiger partial charge in [0.05, 0.1) is 22.5 Å². The van der Waals surface area contributed by atoms with Crippen LogP contribution in [-0.2, 0) is 6.42 Å². The van der Waals surface area contributed by atoms with Gasteiger partial charge >= 0.3 is 6.01 Å². The number of aryl methyl sites for hydroxylation is 2. The number of fused-ring (bicyclic) bond motifs is 3. The minimum Gasteiger partial charge on any atom is -0.508 e. The van der Waals surface area contributed by atoms with E-state index in [1.807, 2.05) is 25.7 Å². The molecular weight excluding hydrogens is 647 g/mol. The molecule has 3 aliphatic heterocycles. The molecule has 0 saturated carbocycles. The fourth-order valence-corrected chi connectivity index (χ4v) is 8.36. The van der Waals surface area contributed by atoms with Crippen LogP contribution in [0.4, 0.5) is 19.0 Å². The van der Waals surface area contributed by atoms with Crippen molar-refractivity contribution in [2.45, 2.75) is 58.2 Å². The van der Waals surface area contributed by atoms with E-state index in [4.69, 9.17) is 9.72 Å². The minimum absolute atomic E-state index is 0.0679. The summed E-state index contributed by atoms with van der Waals surface area (Å²) in [4.78, 5) is 31.4. The Morgan fingerprint density at radius 3 is 2.76 bits per heavy atom. The minimum atomic E-state index is -0.952. The van der Waals surface area contributed by atoms with Crippen LogP contribution in [0.3, 0.4) is 0 Å². The Labute approximate surface area is 286 Å². The molecule has 2 aromatic carbocycles. The van der Waals surface area contributed by atoms with Crippen LogP contribution in [0, 0.1) is 30.4 Å². The Kier molecular flexibility index (Phi) is 7.92. The molecule has 0 amide bonds. The predicted molar refractivity (Wildman–Crippen MR) is 182 cm³/mol. The molecule has 50 heavy (non-hydrogen) atoms. The first-order valence-corrected chi connectivity index (χ1v) is 17.2. The van der Waals surface area contributed by atoms with Crippen molar-refractivity contribution in [2.24, 2.45) is 11.8 Å². The number of phenols is 1. The van der Waals surface area contributed by atoms with Gasteiger partial charge in [-0.3, -0.25) is 14.7 Å². The average Bonchev–Trinajstić information content (AvgIpc) is 3.86. The number of carbonyl (C=O) groups excluding carboxylic acids is 1. The van der Waals surface area contributed by atoms with Crippen LogP contribution in [0.25, 0.3) is 32.9 Å². The van der Waals surface area contributed by atoms with E-state index >= 15 is 8.78 Å². The highest BCUT2D eigenvalue weighted by Crippen LogP contribution is 2.42. The molecule has 0 spiro atoms. The van der Waals surface area contributed by atoms with Crippen molar-refractivity contribution in [3.8, 4) is 23.0 Å². The van der Waals surface area contributed by atoms with Crippen LogP contribution in [0.2, 0.25) is 0 Å². The van der Waals surface area contributed by atoms with Gasteiger partial charge in [-0.15, -0.1) is 0 Å². The van der Waals surface area contributed by atoms with Gasteiger partial charge in [-0.2, -0.15) is 15.1 Å². The molecule has 3 fully saturated rings. The first-order chi connectivity index (χ1) is 24.0. The second kappa shape index (κ2) is 12.2. The molecule has 1 N–H and O–H groups in total. The van der Waals surface area contributed by atoms with Crippen LogP contribution >= 0.6 is 0 Å². The number of rotatable bonds is 7. The number of hydrogen-bond acceptors (Lipinski definition) is 9. The van der Waals surface area contributed by atoms with Crippen molar-refractivity contribution in [3.63, 3.8) is 0 Å². The number of hydrogen-bond donors (Lipinski definition) is 1. The van der Waals surface area contributed by atoms with Crippen molar-refractivity contribution in [1.82, 2.24) is 29.6 Å². The highest BCUT2D eigenvalue weighted by atomic mass is 19.1. The summed E-state index contributed by atoms with van der Waals surface area (Å²) in [6, 6.07) is 7.48. The van der Waals surface area contributed by atoms with Gasteiger partial charge < -0.3 is 14.7 Å². The van der Waals surface area contributed by atoms with E-state index in [1.54, 1.807) is 18.3 Å². The van der Waals surface area contributed by atoms with Crippen LogP contribution < -0.4 is 9.64 Å². The lowest BCUT2D eigenvalue weighted by Crippen LogP contribution is -2.43. The zero-order valence-corrected chi connectivity index (χ0v) is 28.2. The van der Waals surface area contributed by atoms with E-state index in [0.717, 1.165) is 25.1 Å². The normalized spacial score (nSPS) is 23.7. The van der Waals surface area contributed by atoms with Gasteiger partial charge in [0.2, 0.25) is 0 Å². The Balaban J connectivity index is 1.24. The molecule has 260 valence electrons. The van der Waals surface area contributed by atoms with Crippen molar-refractivity contribution in [1.29, 1.82) is 0 Å². The number of phenolic OH excluding ortho intramolecular Hbond substituents is 1. The van der Waals surface area contributed by atoms with Gasteiger partial charge in [0.25, 0.3) is 5.91 Å². The molecule has 0 aliphatic carbocycles. The average molecular weight is 686 g/mol. The maximum absolute atomic E-state index is 17.0. The molecular formula is C37H38F3N7O3. The van der Waals surface area contributed by atoms with Gasteiger partial charge in [-0.25, -0.2) is 17.9 Å². The first kappa shape index (κ1) is 32.4. The molecule has 0 radical (unpaired) electrons. The molecule has 6 heterocycles. The third-order valence-corrected chi connectivity index (χ3v) is 10.8. The van der Waals surface area contributed by atoms with E-state index in [-0.39, 0.29) is 47.0 Å². The van der Waals surface area contributed by atoms with Gasteiger partial charge in [-0.1, -0.05) is 19.9 Å². The number of ether oxygens (including phenoxy) is 1. The molecule has 5 aromatic rings. The summed E-state index contributed by atoms with van der Waals surface area (Å²) < 4.78 is 54.2. The molecule has 3 aromatic heterocycles. The number of aromatic nitrogens is 5. The number of benzene rings is 2. The second-order valence-corrected chi connectivity index (χ2v) is 14.1. The summed E-state index contributed by atoms with van der Waals surface area (Å²) in [5, 5.41) is 16.2. The van der Waals surface area contributed by atoms with E-state index in [2.05, 4.69) is 20.0 Å². The third kappa shape index (κ3) is 5.33. The van der Waals surface area contributed by atoms with Gasteiger partial charge in [0.1, 0.15) is 41.4 Å². The summed E-state index contributed by atoms with van der Waals surface area (Å²) in [6.45, 7) is 7.64. The quantitative estimate of drug-likeness (QED) is 0.212. The van der Waals surface area contributed by atoms with Gasteiger partial charge in [-0.05, 0) is 79.3 Å². The van der Waals surface area contributed by atoms with Crippen LogP contribution in [0.5, 0.6) is 11.8 Å². The lowest BCUT2D eigenvalue weighted by atomic mass is 9.94. The van der Waals surface area contributed by atoms with Crippen molar-refractivity contribution in [2.75, 3.05) is 37.7 Å². The number of pyridine rings is 1. The summed E-state index contributed by atoms with van der Waals surface area (Å²) in [5.41, 5.74) is 0.682. The van der Waals surface area contributed by atoms with Crippen LogP contribution in [0.1, 0.15) is 49.2 Å². The Morgan fingerprint density at radius 2 is 1.98 bits per heavy atom. The van der Waals surface area contributed by atoms with E-state index in [1.165, 1.54) is 29.1 Å². The van der Waals surface area contributed by atoms with Crippen LogP contribution in [-0.4, -0.2) is 85.1 Å². The number of alkyl halides is 1. The maximum atomic E-state index is 17.0. The fourth-order valence-electron chi connectivity index (χ4n) is 8.36. The number of nitrogens with zero attached hydrogens (tertiary/aromatic N) is 7. The molecule has 10 nitrogen and oxygen atoms in total. The summed E-state index contributed by atoms with van der Waals surface area (Å²) >= 11 is 0. The lowest BCUT2D eigenvalue weighted by molar-refractivity contribution is 0.0804. The molecule has 3 aliphatic rings. The van der Waals surface area contributed by atoms with E-state index in [9.17, 15) is 14.3 Å². The topological polar surface area (TPSA) is 110 Å². The van der Waals surface area contributed by atoms with E-state index < -0.39 is 29.3 Å². The molecule has 0 unspecified atom stereocenters. The molecule has 0 bridgehead atoms. The number of aromatic hydroxyl groups is 1. The fraction of sp³-hybridized carbons (Fsp3) is 0.432. The zero-order chi connectivity index (χ0) is 34.9. The van der Waals surface area contributed by atoms with Gasteiger partial charge in [0.15, 0.2) is 5.82 Å². The second-order valence-electron chi connectivity index (χ2n) is 14.1. The first-order valence-electron chi connectivity index (χ1n) is 17.2. The molecule has 4 atom stereocenters. The highest BCUT2D eigenvalue weighted by Gasteiger charge is 2.49. The molecule has 8 rings (SSSR count). The number of halogens is 3. The summed E-state index contributed by atoms with van der Waals surface area (Å²) in [5.74, 6) is -1.62. The summed E-state index contributed by atoms with van der Waals surface area (Å²) in [7, 11) is 0. The van der Waals surface area contributed by atoms with Crippen molar-refractivity contribution in [3.05, 3.63) is 65.6 Å². The smallest absolute Gasteiger partial charge is 0.319 e. The van der Waals surface area contributed by atoms with Crippen molar-refractivity contribution < 1.29 is 27.8 Å². The van der Waals surface area contributed by atoms with Crippen molar-refractivity contribution >= 4 is 33.4 Å². The predicted octanol–water partition coefficient (Wildman–Crippen LogP) is 6.26. The SMILES string of the molecule is CCc1c(F)ccc2cc(O)cc(-c3ncc4c(N5C[C@H](C(=O)n6ccc(C)n6)[C@@H](C)C5)nc(OC[C@@]56CCCN5C[C@H](F)C6)nc4c3F)c12. The van der Waals surface area contributed by atoms with Gasteiger partial charge in [0, 0.05) is 44.0 Å². The largest absolute Gasteiger partial charge is 0.508 e. The molecule has 13 heteroatoms. The Bertz CT molecular complexity index is 2160. The van der Waals surface area contributed by atoms with Crippen LogP contribution in [0.15, 0.2) is 42.7 Å². The molecule has 3 saturated heterocycles. The highest BCUT2D eigenvalue weighted by molar-refractivity contribution is 6.02. The summed E-state index contributed by atoms with van der Waals surface area (Å²) in [6.07, 6.45) is 4.56. The maximum Gasteiger partial charge on any atom is 0.319 e. The van der Waals surface area contributed by atoms with E-state index in [0.29, 0.717) is 60.0 Å². The monoisotopic (exact) mass is 685 g/mol. The number of anilines is 1. The standard InChI is InChI=1S/C37H38F3N7O3/c1-4-25-29(39)7-6-22-12-24(48)13-26(30(22)25)32-31(40)33-27(15-41-32)34(45-16-20(2)28(18-45)35(49)47-11-8-21(3)44-47)43-36(42-33)50-19-37-9-5-10-46(37)17-23(38)14-37/h6-8,11-13,15,20,23,28,48H,4-5,9-10,14,16-19H2,1-3H3/t20-,23+,28-,37-/m0/s1. The third-order valence-electron chi connectivity index (χ3n) is 10.8. The zero-order valence-electron chi connectivity index (χ0n) is 28.2. The lowest BCUT2D eigenvalue weighted by Gasteiger charge is -2.31.